The minimum atomic E-state index is 0.999. The van der Waals surface area contributed by atoms with E-state index in [0.29, 0.717) is 0 Å². The van der Waals surface area contributed by atoms with Crippen LogP contribution < -0.4 is 0 Å². The van der Waals surface area contributed by atoms with Crippen LogP contribution in [-0.4, -0.2) is 24.5 Å². The van der Waals surface area contributed by atoms with E-state index in [1.54, 1.807) is 0 Å². The fourth-order valence-corrected chi connectivity index (χ4v) is 3.23. The second kappa shape index (κ2) is 5.16. The molecule has 2 fully saturated rings. The first-order valence-electron chi connectivity index (χ1n) is 6.57. The van der Waals surface area contributed by atoms with Gasteiger partial charge in [0.05, 0.1) is 0 Å². The van der Waals surface area contributed by atoms with Crippen molar-refractivity contribution in [3.63, 3.8) is 0 Å². The van der Waals surface area contributed by atoms with Crippen LogP contribution in [0.25, 0.3) is 0 Å². The van der Waals surface area contributed by atoms with Gasteiger partial charge >= 0.3 is 0 Å². The van der Waals surface area contributed by atoms with Gasteiger partial charge in [-0.25, -0.2) is 0 Å². The third kappa shape index (κ3) is 2.98. The van der Waals surface area contributed by atoms with Crippen molar-refractivity contribution in [2.45, 2.75) is 51.9 Å². The van der Waals surface area contributed by atoms with Crippen LogP contribution in [-0.2, 0) is 0 Å². The number of hydrogen-bond donors (Lipinski definition) is 0. The lowest BCUT2D eigenvalue weighted by atomic mass is 9.82. The Morgan fingerprint density at radius 2 is 1.79 bits per heavy atom. The SMILES string of the molecule is C[C@H]1CCCC(CN2CCCCC2)C1. The topological polar surface area (TPSA) is 3.24 Å². The quantitative estimate of drug-likeness (QED) is 0.653. The number of nitrogens with zero attached hydrogens (tertiary/aromatic N) is 1. The highest BCUT2D eigenvalue weighted by Crippen LogP contribution is 2.29. The van der Waals surface area contributed by atoms with Crippen LogP contribution in [0.1, 0.15) is 51.9 Å². The summed E-state index contributed by atoms with van der Waals surface area (Å²) in [5, 5.41) is 0. The number of likely N-dealkylation sites (tertiary alicyclic amines) is 1. The first-order chi connectivity index (χ1) is 6.84. The van der Waals surface area contributed by atoms with Gasteiger partial charge in [-0.05, 0) is 50.6 Å². The van der Waals surface area contributed by atoms with Gasteiger partial charge in [0.15, 0.2) is 0 Å². The molecule has 0 aromatic heterocycles. The van der Waals surface area contributed by atoms with Gasteiger partial charge in [-0.15, -0.1) is 0 Å². The zero-order valence-electron chi connectivity index (χ0n) is 9.67. The molecule has 1 heterocycles. The first-order valence-corrected chi connectivity index (χ1v) is 6.57. The van der Waals surface area contributed by atoms with E-state index in [1.165, 1.54) is 64.6 Å². The maximum absolute atomic E-state index is 2.71. The third-order valence-electron chi connectivity index (χ3n) is 4.01. The Morgan fingerprint density at radius 1 is 1.00 bits per heavy atom. The van der Waals surface area contributed by atoms with Crippen LogP contribution in [0.2, 0.25) is 0 Å². The Labute approximate surface area is 88.9 Å². The molecule has 0 aromatic carbocycles. The van der Waals surface area contributed by atoms with E-state index in [1.807, 2.05) is 0 Å². The van der Waals surface area contributed by atoms with E-state index in [9.17, 15) is 0 Å². The normalized spacial score (nSPS) is 35.8. The van der Waals surface area contributed by atoms with E-state index in [2.05, 4.69) is 11.8 Å². The zero-order valence-corrected chi connectivity index (χ0v) is 9.67. The molecule has 1 heteroatoms. The van der Waals surface area contributed by atoms with E-state index in [0.717, 1.165) is 11.8 Å². The predicted molar refractivity (Wildman–Crippen MR) is 61.4 cm³/mol. The van der Waals surface area contributed by atoms with Crippen molar-refractivity contribution in [3.8, 4) is 0 Å². The summed E-state index contributed by atoms with van der Waals surface area (Å²) in [7, 11) is 0. The fraction of sp³-hybridized carbons (Fsp3) is 1.00. The van der Waals surface area contributed by atoms with Crippen LogP contribution in [0.3, 0.4) is 0 Å². The summed E-state index contributed by atoms with van der Waals surface area (Å²) in [5.41, 5.74) is 0. The lowest BCUT2D eigenvalue weighted by molar-refractivity contribution is 0.158. The molecule has 0 aromatic rings. The second-order valence-corrected chi connectivity index (χ2v) is 5.50. The van der Waals surface area contributed by atoms with Crippen LogP contribution in [0, 0.1) is 11.8 Å². The monoisotopic (exact) mass is 195 g/mol. The molecule has 1 saturated carbocycles. The maximum atomic E-state index is 2.71. The highest BCUT2D eigenvalue weighted by atomic mass is 15.1. The average molecular weight is 195 g/mol. The summed E-state index contributed by atoms with van der Waals surface area (Å²) in [6.07, 6.45) is 10.3. The van der Waals surface area contributed by atoms with Crippen molar-refractivity contribution in [1.82, 2.24) is 4.90 Å². The largest absolute Gasteiger partial charge is 0.303 e. The highest BCUT2D eigenvalue weighted by molar-refractivity contribution is 4.75. The Bertz CT molecular complexity index is 161. The Balaban J connectivity index is 1.72. The summed E-state index contributed by atoms with van der Waals surface area (Å²) in [4.78, 5) is 2.71. The van der Waals surface area contributed by atoms with E-state index >= 15 is 0 Å². The van der Waals surface area contributed by atoms with Gasteiger partial charge in [-0.3, -0.25) is 0 Å². The molecule has 14 heavy (non-hydrogen) atoms. The van der Waals surface area contributed by atoms with E-state index in [4.69, 9.17) is 0 Å². The van der Waals surface area contributed by atoms with Gasteiger partial charge in [0.2, 0.25) is 0 Å². The molecule has 0 bridgehead atoms. The third-order valence-corrected chi connectivity index (χ3v) is 4.01. The van der Waals surface area contributed by atoms with Gasteiger partial charge < -0.3 is 4.90 Å². The fourth-order valence-electron chi connectivity index (χ4n) is 3.23. The molecule has 0 N–H and O–H groups in total. The highest BCUT2D eigenvalue weighted by Gasteiger charge is 2.21. The second-order valence-electron chi connectivity index (χ2n) is 5.50. The molecular weight excluding hydrogens is 170 g/mol. The summed E-state index contributed by atoms with van der Waals surface area (Å²) in [5.74, 6) is 2.02. The molecular formula is C13H25N. The van der Waals surface area contributed by atoms with Gasteiger partial charge in [-0.1, -0.05) is 26.2 Å². The minimum Gasteiger partial charge on any atom is -0.303 e. The molecule has 1 saturated heterocycles. The van der Waals surface area contributed by atoms with Crippen molar-refractivity contribution >= 4 is 0 Å². The van der Waals surface area contributed by atoms with Crippen LogP contribution in [0.15, 0.2) is 0 Å². The first kappa shape index (κ1) is 10.5. The van der Waals surface area contributed by atoms with Gasteiger partial charge in [0.25, 0.3) is 0 Å². The summed E-state index contributed by atoms with van der Waals surface area (Å²) in [6, 6.07) is 0. The molecule has 1 aliphatic heterocycles. The smallest absolute Gasteiger partial charge is 0.000976 e. The lowest BCUT2D eigenvalue weighted by Crippen LogP contribution is -2.35. The number of rotatable bonds is 2. The Morgan fingerprint density at radius 3 is 2.50 bits per heavy atom. The molecule has 1 aliphatic carbocycles. The van der Waals surface area contributed by atoms with Crippen molar-refractivity contribution in [2.75, 3.05) is 19.6 Å². The summed E-state index contributed by atoms with van der Waals surface area (Å²) in [6.45, 7) is 6.60. The van der Waals surface area contributed by atoms with E-state index in [-0.39, 0.29) is 0 Å². The number of hydrogen-bond acceptors (Lipinski definition) is 1. The van der Waals surface area contributed by atoms with Crippen molar-refractivity contribution in [1.29, 1.82) is 0 Å². The summed E-state index contributed by atoms with van der Waals surface area (Å²) < 4.78 is 0. The molecule has 2 atom stereocenters. The van der Waals surface area contributed by atoms with Crippen molar-refractivity contribution in [3.05, 3.63) is 0 Å². The molecule has 0 radical (unpaired) electrons. The Kier molecular flexibility index (Phi) is 3.86. The molecule has 0 spiro atoms. The number of piperidine rings is 1. The van der Waals surface area contributed by atoms with Crippen LogP contribution >= 0.6 is 0 Å². The van der Waals surface area contributed by atoms with Gasteiger partial charge in [0, 0.05) is 6.54 Å². The lowest BCUT2D eigenvalue weighted by Gasteiger charge is -2.34. The Hall–Kier alpha value is -0.0400. The molecule has 0 amide bonds. The zero-order chi connectivity index (χ0) is 9.80. The molecule has 82 valence electrons. The van der Waals surface area contributed by atoms with Crippen LogP contribution in [0.5, 0.6) is 0 Å². The molecule has 2 rings (SSSR count). The van der Waals surface area contributed by atoms with Crippen molar-refractivity contribution < 1.29 is 0 Å². The van der Waals surface area contributed by atoms with Gasteiger partial charge in [-0.2, -0.15) is 0 Å². The minimum absolute atomic E-state index is 0.999. The molecule has 2 aliphatic rings. The van der Waals surface area contributed by atoms with Crippen LogP contribution in [0.4, 0.5) is 0 Å². The van der Waals surface area contributed by atoms with E-state index < -0.39 is 0 Å². The molecule has 1 unspecified atom stereocenters. The van der Waals surface area contributed by atoms with Crippen molar-refractivity contribution in [2.24, 2.45) is 11.8 Å². The molecule has 1 nitrogen and oxygen atoms in total. The maximum Gasteiger partial charge on any atom is 0.000976 e. The van der Waals surface area contributed by atoms with Gasteiger partial charge in [0.1, 0.15) is 0 Å². The standard InChI is InChI=1S/C13H25N/c1-12-6-5-7-13(10-12)11-14-8-3-2-4-9-14/h12-13H,2-11H2,1H3/t12-,13?/m0/s1. The predicted octanol–water partition coefficient (Wildman–Crippen LogP) is 3.30. The average Bonchev–Trinajstić information content (AvgIpc) is 2.19. The summed E-state index contributed by atoms with van der Waals surface area (Å²) >= 11 is 0.